The molecule has 0 heterocycles. The van der Waals surface area contributed by atoms with Crippen LogP contribution in [0.5, 0.6) is 5.75 Å². The maximum atomic E-state index is 12.4. The molecule has 0 aromatic heterocycles. The molecule has 3 N–H and O–H groups in total. The number of anilines is 2. The minimum Gasteiger partial charge on any atom is -0.497 e. The van der Waals surface area contributed by atoms with Gasteiger partial charge in [0.1, 0.15) is 5.75 Å². The van der Waals surface area contributed by atoms with Crippen molar-refractivity contribution in [2.75, 3.05) is 51.5 Å². The molecule has 2 aromatic rings. The van der Waals surface area contributed by atoms with Crippen molar-refractivity contribution in [1.29, 1.82) is 0 Å². The van der Waals surface area contributed by atoms with Crippen LogP contribution in [0.15, 0.2) is 48.5 Å². The fourth-order valence-corrected chi connectivity index (χ4v) is 2.81. The van der Waals surface area contributed by atoms with Crippen LogP contribution in [-0.2, 0) is 9.59 Å². The summed E-state index contributed by atoms with van der Waals surface area (Å²) in [5.41, 5.74) is 1.83. The van der Waals surface area contributed by atoms with Crippen molar-refractivity contribution in [3.05, 3.63) is 54.1 Å². The second-order valence-electron chi connectivity index (χ2n) is 7.06. The molecule has 0 spiro atoms. The summed E-state index contributed by atoms with van der Waals surface area (Å²) in [6, 6.07) is 13.8. The number of quaternary nitrogens is 1. The Kier molecular flexibility index (Phi) is 8.37. The van der Waals surface area contributed by atoms with Gasteiger partial charge in [0.05, 0.1) is 13.7 Å². The zero-order valence-electron chi connectivity index (χ0n) is 17.8. The molecule has 2 rings (SSSR count). The molecule has 0 aliphatic rings. The smallest absolute Gasteiger partial charge is 0.279 e. The molecule has 1 unspecified atom stereocenters. The monoisotopic (exact) mass is 413 g/mol. The van der Waals surface area contributed by atoms with Gasteiger partial charge in [0.2, 0.25) is 0 Å². The van der Waals surface area contributed by atoms with Crippen LogP contribution in [0.1, 0.15) is 17.3 Å². The van der Waals surface area contributed by atoms with E-state index in [9.17, 15) is 14.4 Å². The Labute approximate surface area is 176 Å². The third kappa shape index (κ3) is 6.89. The lowest BCUT2D eigenvalue weighted by molar-refractivity contribution is -0.881. The highest BCUT2D eigenvalue weighted by atomic mass is 16.5. The minimum absolute atomic E-state index is 0.0997. The highest BCUT2D eigenvalue weighted by Gasteiger charge is 2.17. The lowest BCUT2D eigenvalue weighted by atomic mass is 10.2. The SMILES string of the molecule is CC[NH+](CC(=O)Nc1ccc(OC)cc1)CC(=O)Nc1ccc(C(=O)N(C)C)cc1. The van der Waals surface area contributed by atoms with Crippen LogP contribution in [-0.4, -0.2) is 63.5 Å². The molecule has 30 heavy (non-hydrogen) atoms. The predicted octanol–water partition coefficient (Wildman–Crippen LogP) is 0.879. The van der Waals surface area contributed by atoms with Crippen molar-refractivity contribution >= 4 is 29.1 Å². The van der Waals surface area contributed by atoms with E-state index in [0.717, 1.165) is 4.90 Å². The van der Waals surface area contributed by atoms with Crippen molar-refractivity contribution in [2.45, 2.75) is 6.92 Å². The van der Waals surface area contributed by atoms with Crippen LogP contribution in [0.3, 0.4) is 0 Å². The Bertz CT molecular complexity index is 864. The number of benzene rings is 2. The number of ether oxygens (including phenoxy) is 1. The summed E-state index contributed by atoms with van der Waals surface area (Å²) in [6.07, 6.45) is 0. The average molecular weight is 413 g/mol. The number of likely N-dealkylation sites (N-methyl/N-ethyl adjacent to an activating group) is 1. The Hall–Kier alpha value is -3.39. The summed E-state index contributed by atoms with van der Waals surface area (Å²) < 4.78 is 5.10. The second kappa shape index (κ2) is 11.0. The maximum absolute atomic E-state index is 12.4. The Morgan fingerprint density at radius 2 is 1.33 bits per heavy atom. The van der Waals surface area contributed by atoms with Crippen LogP contribution in [0, 0.1) is 0 Å². The van der Waals surface area contributed by atoms with Gasteiger partial charge in [0.15, 0.2) is 13.1 Å². The zero-order valence-corrected chi connectivity index (χ0v) is 17.8. The number of hydrogen-bond acceptors (Lipinski definition) is 4. The third-order valence-corrected chi connectivity index (χ3v) is 4.52. The summed E-state index contributed by atoms with van der Waals surface area (Å²) in [7, 11) is 4.95. The van der Waals surface area contributed by atoms with E-state index in [1.54, 1.807) is 69.7 Å². The lowest BCUT2D eigenvalue weighted by Crippen LogP contribution is -3.13. The van der Waals surface area contributed by atoms with Gasteiger partial charge in [-0.25, -0.2) is 0 Å². The number of amides is 3. The molecule has 2 aromatic carbocycles. The van der Waals surface area contributed by atoms with Crippen molar-refractivity contribution in [3.8, 4) is 5.75 Å². The standard InChI is InChI=1S/C22H28N4O4/c1-5-26(15-21(28)24-18-10-12-19(30-4)13-11-18)14-20(27)23-17-8-6-16(7-9-17)22(29)25(2)3/h6-13H,5,14-15H2,1-4H3,(H,23,27)(H,24,28)/p+1. The molecule has 160 valence electrons. The largest absolute Gasteiger partial charge is 0.497 e. The molecule has 1 atom stereocenters. The van der Waals surface area contributed by atoms with Gasteiger partial charge >= 0.3 is 0 Å². The molecule has 0 aliphatic heterocycles. The van der Waals surface area contributed by atoms with Crippen molar-refractivity contribution in [1.82, 2.24) is 4.90 Å². The van der Waals surface area contributed by atoms with Crippen molar-refractivity contribution < 1.29 is 24.0 Å². The first-order valence-corrected chi connectivity index (χ1v) is 9.71. The van der Waals surface area contributed by atoms with Crippen LogP contribution in [0.4, 0.5) is 11.4 Å². The van der Waals surface area contributed by atoms with Crippen LogP contribution in [0.25, 0.3) is 0 Å². The summed E-state index contributed by atoms with van der Waals surface area (Å²) >= 11 is 0. The van der Waals surface area contributed by atoms with Crippen molar-refractivity contribution in [2.24, 2.45) is 0 Å². The molecule has 8 nitrogen and oxygen atoms in total. The number of methoxy groups -OCH3 is 1. The Morgan fingerprint density at radius 1 is 0.867 bits per heavy atom. The molecular formula is C22H29N4O4+. The molecule has 0 bridgehead atoms. The average Bonchev–Trinajstić information content (AvgIpc) is 2.73. The highest BCUT2D eigenvalue weighted by Crippen LogP contribution is 2.14. The number of carbonyl (C=O) groups excluding carboxylic acids is 3. The van der Waals surface area contributed by atoms with Gasteiger partial charge in [0.25, 0.3) is 17.7 Å². The summed E-state index contributed by atoms with van der Waals surface area (Å²) in [5, 5.41) is 5.63. The summed E-state index contributed by atoms with van der Waals surface area (Å²) in [5.74, 6) is 0.245. The summed E-state index contributed by atoms with van der Waals surface area (Å²) in [6.45, 7) is 2.88. The van der Waals surface area contributed by atoms with Crippen molar-refractivity contribution in [3.63, 3.8) is 0 Å². The van der Waals surface area contributed by atoms with Gasteiger partial charge in [0, 0.05) is 31.0 Å². The van der Waals surface area contributed by atoms with E-state index in [4.69, 9.17) is 4.74 Å². The fraction of sp³-hybridized carbons (Fsp3) is 0.318. The zero-order chi connectivity index (χ0) is 22.1. The molecule has 0 saturated carbocycles. The van der Waals surface area contributed by atoms with Gasteiger partial charge in [-0.3, -0.25) is 14.4 Å². The number of carbonyl (C=O) groups is 3. The molecular weight excluding hydrogens is 384 g/mol. The molecule has 0 radical (unpaired) electrons. The van der Waals surface area contributed by atoms with Crippen LogP contribution < -0.4 is 20.3 Å². The van der Waals surface area contributed by atoms with Gasteiger partial charge in [-0.1, -0.05) is 0 Å². The topological polar surface area (TPSA) is 92.2 Å². The Morgan fingerprint density at radius 3 is 1.73 bits per heavy atom. The molecule has 0 saturated heterocycles. The van der Waals surface area contributed by atoms with Crippen LogP contribution in [0.2, 0.25) is 0 Å². The third-order valence-electron chi connectivity index (χ3n) is 4.52. The summed E-state index contributed by atoms with van der Waals surface area (Å²) in [4.78, 5) is 38.9. The van der Waals surface area contributed by atoms with Gasteiger partial charge in [-0.15, -0.1) is 0 Å². The van der Waals surface area contributed by atoms with E-state index >= 15 is 0 Å². The molecule has 8 heteroatoms. The number of nitrogens with one attached hydrogen (secondary N) is 3. The first kappa shape index (κ1) is 22.9. The highest BCUT2D eigenvalue weighted by molar-refractivity contribution is 5.96. The quantitative estimate of drug-likeness (QED) is 0.569. The number of hydrogen-bond donors (Lipinski definition) is 3. The first-order valence-electron chi connectivity index (χ1n) is 9.71. The van der Waals surface area contributed by atoms with Gasteiger partial charge in [-0.2, -0.15) is 0 Å². The number of rotatable bonds is 9. The second-order valence-corrected chi connectivity index (χ2v) is 7.06. The normalized spacial score (nSPS) is 11.3. The Balaban J connectivity index is 1.86. The lowest BCUT2D eigenvalue weighted by Gasteiger charge is -2.17. The molecule has 0 fully saturated rings. The van der Waals surface area contributed by atoms with Crippen LogP contribution >= 0.6 is 0 Å². The van der Waals surface area contributed by atoms with E-state index in [1.807, 2.05) is 6.92 Å². The minimum atomic E-state index is -0.198. The first-order chi connectivity index (χ1) is 14.3. The van der Waals surface area contributed by atoms with E-state index in [0.29, 0.717) is 29.2 Å². The van der Waals surface area contributed by atoms with E-state index in [-0.39, 0.29) is 30.8 Å². The maximum Gasteiger partial charge on any atom is 0.279 e. The van der Waals surface area contributed by atoms with E-state index in [2.05, 4.69) is 10.6 Å². The molecule has 0 aliphatic carbocycles. The van der Waals surface area contributed by atoms with Gasteiger partial charge in [-0.05, 0) is 55.5 Å². The van der Waals surface area contributed by atoms with E-state index < -0.39 is 0 Å². The predicted molar refractivity (Wildman–Crippen MR) is 116 cm³/mol. The van der Waals surface area contributed by atoms with E-state index in [1.165, 1.54) is 4.90 Å². The number of nitrogens with zero attached hydrogens (tertiary/aromatic N) is 1. The fourth-order valence-electron chi connectivity index (χ4n) is 2.81. The molecule has 3 amide bonds. The van der Waals surface area contributed by atoms with Gasteiger partial charge < -0.3 is 25.2 Å².